The number of amides is 2. The number of aliphatic hydroxyl groups excluding tert-OH is 1. The maximum Gasteiger partial charge on any atom is 0.255 e. The predicted molar refractivity (Wildman–Crippen MR) is 133 cm³/mol. The number of benzene rings is 2. The normalized spacial score (nSPS) is 26.3. The molecule has 37 heavy (non-hydrogen) atoms. The Bertz CT molecular complexity index is 1200. The number of rotatable bonds is 5. The maximum absolute atomic E-state index is 13.0. The fraction of sp³-hybridized carbons (Fsp3) is 0.481. The summed E-state index contributed by atoms with van der Waals surface area (Å²) in [6, 6.07) is 10.6. The summed E-state index contributed by atoms with van der Waals surface area (Å²) < 4.78 is 23.0. The first-order chi connectivity index (χ1) is 18.0. The summed E-state index contributed by atoms with van der Waals surface area (Å²) >= 11 is 0. The summed E-state index contributed by atoms with van der Waals surface area (Å²) in [6.45, 7) is 3.12. The van der Waals surface area contributed by atoms with Gasteiger partial charge in [0.15, 0.2) is 11.5 Å². The molecule has 0 spiro atoms. The highest BCUT2D eigenvalue weighted by Gasteiger charge is 2.46. The zero-order chi connectivity index (χ0) is 25.5. The summed E-state index contributed by atoms with van der Waals surface area (Å²) in [4.78, 5) is 30.0. The van der Waals surface area contributed by atoms with E-state index in [4.69, 9.17) is 18.9 Å². The molecule has 0 bridgehead atoms. The number of nitrogens with zero attached hydrogens (tertiary/aromatic N) is 2. The van der Waals surface area contributed by atoms with Gasteiger partial charge in [-0.3, -0.25) is 9.59 Å². The van der Waals surface area contributed by atoms with Crippen molar-refractivity contribution in [1.82, 2.24) is 9.80 Å². The first kappa shape index (κ1) is 24.0. The Hall–Kier alpha value is -3.34. The zero-order valence-corrected chi connectivity index (χ0v) is 20.7. The molecule has 0 radical (unpaired) electrons. The molecule has 2 N–H and O–H groups in total. The van der Waals surface area contributed by atoms with Gasteiger partial charge in [0.2, 0.25) is 12.7 Å². The Labute approximate surface area is 215 Å². The van der Waals surface area contributed by atoms with E-state index in [1.165, 1.54) is 0 Å². The smallest absolute Gasteiger partial charge is 0.255 e. The molecule has 0 aromatic heterocycles. The number of piperazine rings is 1. The lowest BCUT2D eigenvalue weighted by Crippen LogP contribution is -2.50. The number of ether oxygens (including phenoxy) is 4. The molecule has 2 aromatic rings. The SMILES string of the molecule is CN1CCN(C(=O)C[C@@H]2C[C@@H]3c4cc(NC(=O)c5ccc6c(c5)OCO6)ccc4O[C@@H]3[C@@H](CO)O2)CC1. The van der Waals surface area contributed by atoms with Gasteiger partial charge in [0.1, 0.15) is 18.0 Å². The van der Waals surface area contributed by atoms with Crippen LogP contribution in [0.3, 0.4) is 0 Å². The van der Waals surface area contributed by atoms with Crippen molar-refractivity contribution >= 4 is 17.5 Å². The lowest BCUT2D eigenvalue weighted by atomic mass is 9.84. The number of anilines is 1. The van der Waals surface area contributed by atoms with Crippen LogP contribution >= 0.6 is 0 Å². The highest BCUT2D eigenvalue weighted by molar-refractivity contribution is 6.04. The summed E-state index contributed by atoms with van der Waals surface area (Å²) in [5.74, 6) is 1.66. The standard InChI is InChI=1S/C27H31N3O7/c1-29-6-8-30(9-7-29)25(32)13-18-12-20-19-11-17(3-5-21(19)37-26(20)24(14-31)36-18)28-27(33)16-2-4-22-23(10-16)35-15-34-22/h2-5,10-11,18,20,24,26,31H,6-9,12-15H2,1H3,(H,28,33)/t18-,20+,24+,26-/m0/s1. The number of carbonyl (C=O) groups is 2. The first-order valence-electron chi connectivity index (χ1n) is 12.7. The summed E-state index contributed by atoms with van der Waals surface area (Å²) in [6.07, 6.45) is -0.295. The maximum atomic E-state index is 13.0. The van der Waals surface area contributed by atoms with E-state index in [0.717, 1.165) is 31.7 Å². The topological polar surface area (TPSA) is 110 Å². The van der Waals surface area contributed by atoms with E-state index in [0.29, 0.717) is 34.9 Å². The van der Waals surface area contributed by atoms with Gasteiger partial charge < -0.3 is 39.2 Å². The summed E-state index contributed by atoms with van der Waals surface area (Å²) in [5, 5.41) is 13.0. The Morgan fingerprint density at radius 2 is 1.81 bits per heavy atom. The Morgan fingerprint density at radius 1 is 1.03 bits per heavy atom. The van der Waals surface area contributed by atoms with Crippen molar-refractivity contribution in [3.8, 4) is 17.2 Å². The molecule has 6 rings (SSSR count). The van der Waals surface area contributed by atoms with E-state index >= 15 is 0 Å². The number of fused-ring (bicyclic) bond motifs is 4. The van der Waals surface area contributed by atoms with Crippen LogP contribution in [0.2, 0.25) is 0 Å². The summed E-state index contributed by atoms with van der Waals surface area (Å²) in [5.41, 5.74) is 2.06. The molecule has 196 valence electrons. The Balaban J connectivity index is 1.16. The lowest BCUT2D eigenvalue weighted by molar-refractivity contribution is -0.150. The first-order valence-corrected chi connectivity index (χ1v) is 12.7. The van der Waals surface area contributed by atoms with Gasteiger partial charge in [0, 0.05) is 48.9 Å². The van der Waals surface area contributed by atoms with Crippen molar-refractivity contribution in [2.24, 2.45) is 0 Å². The van der Waals surface area contributed by atoms with Crippen molar-refractivity contribution in [2.45, 2.75) is 37.1 Å². The average molecular weight is 510 g/mol. The largest absolute Gasteiger partial charge is 0.487 e. The minimum Gasteiger partial charge on any atom is -0.487 e. The quantitative estimate of drug-likeness (QED) is 0.629. The van der Waals surface area contributed by atoms with E-state index < -0.39 is 6.10 Å². The minimum absolute atomic E-state index is 0.0476. The van der Waals surface area contributed by atoms with Gasteiger partial charge in [-0.05, 0) is 49.9 Å². The van der Waals surface area contributed by atoms with Crippen LogP contribution in [0.1, 0.15) is 34.7 Å². The second kappa shape index (κ2) is 9.85. The number of aliphatic hydroxyl groups is 1. The van der Waals surface area contributed by atoms with Crippen LogP contribution in [-0.4, -0.2) is 91.7 Å². The average Bonchev–Trinajstić information content (AvgIpc) is 3.52. The van der Waals surface area contributed by atoms with E-state index in [9.17, 15) is 14.7 Å². The van der Waals surface area contributed by atoms with Crippen LogP contribution in [0.15, 0.2) is 36.4 Å². The van der Waals surface area contributed by atoms with Crippen molar-refractivity contribution < 1.29 is 33.6 Å². The Morgan fingerprint density at radius 3 is 2.62 bits per heavy atom. The van der Waals surface area contributed by atoms with Crippen LogP contribution in [-0.2, 0) is 9.53 Å². The molecule has 2 fully saturated rings. The van der Waals surface area contributed by atoms with Crippen molar-refractivity contribution in [3.05, 3.63) is 47.5 Å². The van der Waals surface area contributed by atoms with Gasteiger partial charge in [-0.2, -0.15) is 0 Å². The molecule has 4 aliphatic heterocycles. The highest BCUT2D eigenvalue weighted by atomic mass is 16.7. The van der Waals surface area contributed by atoms with E-state index in [1.807, 2.05) is 17.0 Å². The molecule has 0 saturated carbocycles. The molecule has 4 atom stereocenters. The predicted octanol–water partition coefficient (Wildman–Crippen LogP) is 1.83. The number of nitrogens with one attached hydrogen (secondary N) is 1. The molecule has 4 heterocycles. The minimum atomic E-state index is -0.525. The fourth-order valence-electron chi connectivity index (χ4n) is 5.59. The Kier molecular flexibility index (Phi) is 6.39. The number of likely N-dealkylation sites (N-methyl/N-ethyl adjacent to an activating group) is 1. The molecular formula is C27H31N3O7. The zero-order valence-electron chi connectivity index (χ0n) is 20.7. The van der Waals surface area contributed by atoms with Crippen LogP contribution in [0.25, 0.3) is 0 Å². The molecule has 0 unspecified atom stereocenters. The molecule has 0 aliphatic carbocycles. The molecule has 4 aliphatic rings. The third-order valence-electron chi connectivity index (χ3n) is 7.65. The number of hydrogen-bond acceptors (Lipinski definition) is 8. The molecule has 2 saturated heterocycles. The van der Waals surface area contributed by atoms with E-state index in [2.05, 4.69) is 17.3 Å². The van der Waals surface area contributed by atoms with Crippen LogP contribution in [0.4, 0.5) is 5.69 Å². The molecular weight excluding hydrogens is 478 g/mol. The van der Waals surface area contributed by atoms with Gasteiger partial charge in [-0.25, -0.2) is 0 Å². The van der Waals surface area contributed by atoms with Gasteiger partial charge >= 0.3 is 0 Å². The molecule has 2 amide bonds. The molecule has 2 aromatic carbocycles. The highest BCUT2D eigenvalue weighted by Crippen LogP contribution is 2.47. The fourth-order valence-corrected chi connectivity index (χ4v) is 5.59. The third kappa shape index (κ3) is 4.72. The van der Waals surface area contributed by atoms with E-state index in [1.54, 1.807) is 24.3 Å². The second-order valence-corrected chi connectivity index (χ2v) is 10.1. The van der Waals surface area contributed by atoms with Gasteiger partial charge in [0.25, 0.3) is 5.91 Å². The third-order valence-corrected chi connectivity index (χ3v) is 7.65. The number of hydrogen-bond donors (Lipinski definition) is 2. The van der Waals surface area contributed by atoms with Crippen molar-refractivity contribution in [1.29, 1.82) is 0 Å². The van der Waals surface area contributed by atoms with Crippen LogP contribution in [0.5, 0.6) is 17.2 Å². The van der Waals surface area contributed by atoms with Crippen LogP contribution < -0.4 is 19.5 Å². The second-order valence-electron chi connectivity index (χ2n) is 10.1. The van der Waals surface area contributed by atoms with Crippen molar-refractivity contribution in [3.63, 3.8) is 0 Å². The summed E-state index contributed by atoms with van der Waals surface area (Å²) in [7, 11) is 2.06. The van der Waals surface area contributed by atoms with Gasteiger partial charge in [-0.15, -0.1) is 0 Å². The van der Waals surface area contributed by atoms with E-state index in [-0.39, 0.29) is 49.8 Å². The van der Waals surface area contributed by atoms with Crippen molar-refractivity contribution in [2.75, 3.05) is 51.9 Å². The molecule has 10 nitrogen and oxygen atoms in total. The monoisotopic (exact) mass is 509 g/mol. The van der Waals surface area contributed by atoms with Crippen LogP contribution in [0, 0.1) is 0 Å². The van der Waals surface area contributed by atoms with Gasteiger partial charge in [-0.1, -0.05) is 0 Å². The molecule has 10 heteroatoms. The van der Waals surface area contributed by atoms with Gasteiger partial charge in [0.05, 0.1) is 19.1 Å². The number of carbonyl (C=O) groups excluding carboxylic acids is 2. The lowest BCUT2D eigenvalue weighted by Gasteiger charge is -2.38.